The Morgan fingerprint density at radius 2 is 1.96 bits per heavy atom. The number of nitrogens with two attached hydrogens (primary N) is 1. The lowest BCUT2D eigenvalue weighted by Gasteiger charge is -2.43. The number of rotatable bonds is 2. The van der Waals surface area contributed by atoms with Gasteiger partial charge >= 0.3 is 0 Å². The van der Waals surface area contributed by atoms with Crippen molar-refractivity contribution >= 4 is 22.5 Å². The van der Waals surface area contributed by atoms with Gasteiger partial charge in [0.05, 0.1) is 5.52 Å². The van der Waals surface area contributed by atoms with Crippen LogP contribution >= 0.6 is 0 Å². The van der Waals surface area contributed by atoms with Crippen LogP contribution in [0.4, 0.5) is 5.69 Å². The smallest absolute Gasteiger partial charge is 0.227 e. The SMILES string of the molecule is NC1C2CCCC1CC(C(=O)Nc1ccc3ncccc3c1)C2. The predicted octanol–water partition coefficient (Wildman–Crippen LogP) is 3.33. The van der Waals surface area contributed by atoms with E-state index in [1.807, 2.05) is 30.3 Å². The van der Waals surface area contributed by atoms with E-state index in [4.69, 9.17) is 5.73 Å². The lowest BCUT2D eigenvalue weighted by molar-refractivity contribution is -0.122. The van der Waals surface area contributed by atoms with Crippen molar-refractivity contribution in [3.05, 3.63) is 36.5 Å². The fourth-order valence-corrected chi connectivity index (χ4v) is 4.40. The van der Waals surface area contributed by atoms with E-state index in [-0.39, 0.29) is 11.8 Å². The van der Waals surface area contributed by atoms with Gasteiger partial charge in [0.2, 0.25) is 5.91 Å². The predicted molar refractivity (Wildman–Crippen MR) is 91.9 cm³/mol. The van der Waals surface area contributed by atoms with Crippen LogP contribution in [0.1, 0.15) is 32.1 Å². The Balaban J connectivity index is 1.48. The molecule has 23 heavy (non-hydrogen) atoms. The van der Waals surface area contributed by atoms with Crippen molar-refractivity contribution in [1.29, 1.82) is 0 Å². The first-order valence-corrected chi connectivity index (χ1v) is 8.62. The fourth-order valence-electron chi connectivity index (χ4n) is 4.40. The summed E-state index contributed by atoms with van der Waals surface area (Å²) in [5.41, 5.74) is 8.13. The number of hydrogen-bond acceptors (Lipinski definition) is 3. The lowest BCUT2D eigenvalue weighted by atomic mass is 9.65. The van der Waals surface area contributed by atoms with Crippen molar-refractivity contribution in [1.82, 2.24) is 4.98 Å². The zero-order valence-electron chi connectivity index (χ0n) is 13.2. The number of hydrogen-bond donors (Lipinski definition) is 2. The van der Waals surface area contributed by atoms with Gasteiger partial charge in [0.1, 0.15) is 0 Å². The summed E-state index contributed by atoms with van der Waals surface area (Å²) < 4.78 is 0. The number of aromatic nitrogens is 1. The summed E-state index contributed by atoms with van der Waals surface area (Å²) in [6.07, 6.45) is 7.31. The second-order valence-corrected chi connectivity index (χ2v) is 7.10. The van der Waals surface area contributed by atoms with Crippen molar-refractivity contribution < 1.29 is 4.79 Å². The molecular formula is C19H23N3O. The Kier molecular flexibility index (Phi) is 3.77. The van der Waals surface area contributed by atoms with E-state index in [1.54, 1.807) is 6.20 Å². The molecule has 0 spiro atoms. The van der Waals surface area contributed by atoms with Crippen LogP contribution in [0, 0.1) is 17.8 Å². The number of pyridine rings is 1. The number of fused-ring (bicyclic) bond motifs is 3. The van der Waals surface area contributed by atoms with E-state index in [9.17, 15) is 4.79 Å². The maximum Gasteiger partial charge on any atom is 0.227 e. The second-order valence-electron chi connectivity index (χ2n) is 7.10. The van der Waals surface area contributed by atoms with Gasteiger partial charge in [0.15, 0.2) is 0 Å². The maximum atomic E-state index is 12.7. The molecular weight excluding hydrogens is 286 g/mol. The minimum Gasteiger partial charge on any atom is -0.327 e. The topological polar surface area (TPSA) is 68.0 Å². The summed E-state index contributed by atoms with van der Waals surface area (Å²) in [5.74, 6) is 1.31. The van der Waals surface area contributed by atoms with Crippen LogP contribution in [0.15, 0.2) is 36.5 Å². The fraction of sp³-hybridized carbons (Fsp3) is 0.474. The van der Waals surface area contributed by atoms with E-state index < -0.39 is 0 Å². The third kappa shape index (κ3) is 2.83. The first-order chi connectivity index (χ1) is 11.2. The highest BCUT2D eigenvalue weighted by atomic mass is 16.1. The second kappa shape index (κ2) is 5.93. The van der Waals surface area contributed by atoms with Crippen LogP contribution < -0.4 is 11.1 Å². The molecule has 2 aliphatic rings. The molecule has 1 heterocycles. The average molecular weight is 309 g/mol. The first kappa shape index (κ1) is 14.6. The van der Waals surface area contributed by atoms with Crippen LogP contribution in [-0.4, -0.2) is 16.9 Å². The van der Waals surface area contributed by atoms with E-state index in [1.165, 1.54) is 19.3 Å². The molecule has 2 bridgehead atoms. The van der Waals surface area contributed by atoms with Gasteiger partial charge in [-0.2, -0.15) is 0 Å². The molecule has 4 nitrogen and oxygen atoms in total. The highest BCUT2D eigenvalue weighted by molar-refractivity contribution is 5.95. The quantitative estimate of drug-likeness (QED) is 0.894. The summed E-state index contributed by atoms with van der Waals surface area (Å²) in [7, 11) is 0. The number of benzene rings is 1. The largest absolute Gasteiger partial charge is 0.327 e. The van der Waals surface area contributed by atoms with Crippen molar-refractivity contribution in [2.24, 2.45) is 23.5 Å². The van der Waals surface area contributed by atoms with Gasteiger partial charge < -0.3 is 11.1 Å². The van der Waals surface area contributed by atoms with Gasteiger partial charge in [0, 0.05) is 29.2 Å². The molecule has 4 rings (SSSR count). The summed E-state index contributed by atoms with van der Waals surface area (Å²) >= 11 is 0. The summed E-state index contributed by atoms with van der Waals surface area (Å²) in [5, 5.41) is 4.15. The molecule has 1 aromatic heterocycles. The molecule has 2 aromatic rings. The maximum absolute atomic E-state index is 12.7. The number of anilines is 1. The van der Waals surface area contributed by atoms with Crippen molar-refractivity contribution in [3.63, 3.8) is 0 Å². The summed E-state index contributed by atoms with van der Waals surface area (Å²) in [6, 6.07) is 10.1. The zero-order chi connectivity index (χ0) is 15.8. The van der Waals surface area contributed by atoms with E-state index in [2.05, 4.69) is 10.3 Å². The normalized spacial score (nSPS) is 30.1. The van der Waals surface area contributed by atoms with Crippen molar-refractivity contribution in [2.75, 3.05) is 5.32 Å². The van der Waals surface area contributed by atoms with Gasteiger partial charge in [-0.25, -0.2) is 0 Å². The minimum atomic E-state index is 0.106. The number of nitrogens with one attached hydrogen (secondary N) is 1. The highest BCUT2D eigenvalue weighted by Crippen LogP contribution is 2.42. The Bertz CT molecular complexity index is 715. The summed E-state index contributed by atoms with van der Waals surface area (Å²) in [4.78, 5) is 17.0. The Labute approximate surface area is 136 Å². The average Bonchev–Trinajstić information content (AvgIpc) is 2.54. The van der Waals surface area contributed by atoms with Gasteiger partial charge in [-0.1, -0.05) is 12.5 Å². The Hall–Kier alpha value is -1.94. The van der Waals surface area contributed by atoms with E-state index in [0.29, 0.717) is 17.9 Å². The molecule has 2 atom stereocenters. The van der Waals surface area contributed by atoms with E-state index in [0.717, 1.165) is 29.4 Å². The van der Waals surface area contributed by atoms with E-state index >= 15 is 0 Å². The van der Waals surface area contributed by atoms with Gasteiger partial charge in [-0.05, 0) is 61.8 Å². The number of amides is 1. The number of nitrogens with zero attached hydrogens (tertiary/aromatic N) is 1. The van der Waals surface area contributed by atoms with Crippen LogP contribution in [-0.2, 0) is 4.79 Å². The van der Waals surface area contributed by atoms with Gasteiger partial charge in [-0.15, -0.1) is 0 Å². The highest BCUT2D eigenvalue weighted by Gasteiger charge is 2.40. The summed E-state index contributed by atoms with van der Waals surface area (Å²) in [6.45, 7) is 0. The molecule has 2 unspecified atom stereocenters. The molecule has 2 aliphatic carbocycles. The van der Waals surface area contributed by atoms with Crippen molar-refractivity contribution in [2.45, 2.75) is 38.1 Å². The standard InChI is InChI=1S/C19H23N3O/c20-18-13-3-1-4-14(18)10-15(9-13)19(23)22-16-6-7-17-12(11-16)5-2-8-21-17/h2,5-8,11,13-15,18H,1,3-4,9-10,20H2,(H,22,23). The molecule has 120 valence electrons. The van der Waals surface area contributed by atoms with Crippen LogP contribution in [0.25, 0.3) is 10.9 Å². The molecule has 1 aromatic carbocycles. The molecule has 0 radical (unpaired) electrons. The zero-order valence-corrected chi connectivity index (χ0v) is 13.2. The molecule has 4 heteroatoms. The Morgan fingerprint density at radius 1 is 1.17 bits per heavy atom. The Morgan fingerprint density at radius 3 is 2.74 bits per heavy atom. The molecule has 0 saturated heterocycles. The monoisotopic (exact) mass is 309 g/mol. The molecule has 3 N–H and O–H groups in total. The van der Waals surface area contributed by atoms with Crippen molar-refractivity contribution in [3.8, 4) is 0 Å². The molecule has 2 fully saturated rings. The van der Waals surface area contributed by atoms with Crippen LogP contribution in [0.5, 0.6) is 0 Å². The minimum absolute atomic E-state index is 0.106. The molecule has 2 saturated carbocycles. The first-order valence-electron chi connectivity index (χ1n) is 8.62. The van der Waals surface area contributed by atoms with Crippen LogP contribution in [0.2, 0.25) is 0 Å². The third-order valence-corrected chi connectivity index (χ3v) is 5.65. The lowest BCUT2D eigenvalue weighted by Crippen LogP contribution is -2.48. The van der Waals surface area contributed by atoms with Gasteiger partial charge in [0.25, 0.3) is 0 Å². The van der Waals surface area contributed by atoms with Crippen LogP contribution in [0.3, 0.4) is 0 Å². The number of carbonyl (C=O) groups excluding carboxylic acids is 1. The molecule has 0 aliphatic heterocycles. The number of carbonyl (C=O) groups is 1. The molecule has 1 amide bonds. The van der Waals surface area contributed by atoms with Gasteiger partial charge in [-0.3, -0.25) is 9.78 Å². The third-order valence-electron chi connectivity index (χ3n) is 5.65.